The van der Waals surface area contributed by atoms with Gasteiger partial charge in [-0.25, -0.2) is 25.2 Å². The second-order valence-electron chi connectivity index (χ2n) is 2.58. The first-order chi connectivity index (χ1) is 12.0. The van der Waals surface area contributed by atoms with Crippen LogP contribution in [-0.4, -0.2) is 0 Å². The van der Waals surface area contributed by atoms with Crippen molar-refractivity contribution in [1.82, 2.24) is 0 Å². The van der Waals surface area contributed by atoms with Crippen molar-refractivity contribution in [3.63, 3.8) is 0 Å². The predicted octanol–water partition coefficient (Wildman–Crippen LogP) is -7.31. The van der Waals surface area contributed by atoms with E-state index in [1.54, 1.807) is 0 Å². The summed E-state index contributed by atoms with van der Waals surface area (Å²) in [4.78, 5) is 101. The fourth-order valence-corrected chi connectivity index (χ4v) is 0. The van der Waals surface area contributed by atoms with Crippen LogP contribution in [0.2, 0.25) is 0 Å². The molecule has 0 rings (SSSR count). The molecule has 0 radical (unpaired) electrons. The van der Waals surface area contributed by atoms with Crippen LogP contribution in [0.25, 0.3) is 0 Å². The van der Waals surface area contributed by atoms with E-state index in [1.165, 1.54) is 0 Å². The van der Waals surface area contributed by atoms with Crippen LogP contribution < -0.4 is 58.7 Å². The van der Waals surface area contributed by atoms with Gasteiger partial charge in [0.25, 0.3) is 0 Å². The fourth-order valence-electron chi connectivity index (χ4n) is 0. The molecule has 0 aliphatic carbocycles. The molecule has 0 aliphatic rings. The molecule has 0 unspecified atom stereocenters. The summed E-state index contributed by atoms with van der Waals surface area (Å²) >= 11 is 0. The molecule has 228 valence electrons. The maximum Gasteiger partial charge on any atom is 2.00 e. The molecule has 0 aromatic carbocycles. The van der Waals surface area contributed by atoms with Crippen molar-refractivity contribution in [2.45, 2.75) is 0 Å². The smallest absolute Gasteiger partial charge is 0.786 e. The maximum atomic E-state index is 10.1. The molecule has 0 bridgehead atoms. The van der Waals surface area contributed by atoms with Crippen LogP contribution in [0.15, 0.2) is 0 Å². The van der Waals surface area contributed by atoms with Gasteiger partial charge < -0.3 is 86.1 Å². The minimum Gasteiger partial charge on any atom is -0.786 e. The Morgan fingerprint density at radius 2 is 0.250 bits per heavy atom. The third-order valence-electron chi connectivity index (χ3n) is 0. The summed E-state index contributed by atoms with van der Waals surface area (Å²) in [6.07, 6.45) is 0. The molecule has 0 saturated carbocycles. The fraction of sp³-hybridized carbons (Fsp3) is 0. The van der Waals surface area contributed by atoms with Crippen LogP contribution in [-0.2, 0) is 144 Å². The van der Waals surface area contributed by atoms with E-state index < -0.39 is 47.4 Å². The van der Waals surface area contributed by atoms with Gasteiger partial charge in [0.15, 0.2) is 0 Å². The van der Waals surface area contributed by atoms with Crippen LogP contribution in [0.3, 0.4) is 0 Å². The Balaban J connectivity index is -0.0000000186. The molecular formula is F6O18P6Ru6. The van der Waals surface area contributed by atoms with Gasteiger partial charge in [0.1, 0.15) is 47.4 Å². The Morgan fingerprint density at radius 1 is 0.250 bits per heavy atom. The Kier molecular flexibility index (Phi) is 76.4. The topological polar surface area (TPSA) is 379 Å². The zero-order valence-corrected chi connectivity index (χ0v) is 30.2. The van der Waals surface area contributed by atoms with Gasteiger partial charge in [0.2, 0.25) is 0 Å². The normalized spacial score (nSPS) is 9.83. The molecule has 0 aromatic heterocycles. The molecule has 0 atom stereocenters. The molecular weight excluding hydrogens is 1190 g/mol. The SMILES string of the molecule is O=P([O-])([O-])F.O=P([O-])([O-])F.O=P([O-])([O-])F.O=P([O-])([O-])F.O=P([O-])([O-])F.O=P([O-])([O-])F.[Ru+2].[Ru+2].[Ru+2].[Ru+2].[Ru+2].[Ru+2]. The molecule has 0 aromatic rings. The Morgan fingerprint density at radius 3 is 0.250 bits per heavy atom. The number of hydrogen-bond acceptors (Lipinski definition) is 18. The van der Waals surface area contributed by atoms with Crippen LogP contribution in [0.4, 0.5) is 25.2 Å². The van der Waals surface area contributed by atoms with E-state index in [2.05, 4.69) is 0 Å². The van der Waals surface area contributed by atoms with E-state index in [1.807, 2.05) is 0 Å². The molecule has 0 aliphatic heterocycles. The predicted molar refractivity (Wildman–Crippen MR) is 52.3 cm³/mol. The van der Waals surface area contributed by atoms with Crippen LogP contribution >= 0.6 is 47.4 Å². The molecule has 0 fully saturated rings. The Bertz CT molecular complexity index is 497. The van der Waals surface area contributed by atoms with E-state index >= 15 is 0 Å². The van der Waals surface area contributed by atoms with Gasteiger partial charge in [-0.15, -0.1) is 0 Å². The van der Waals surface area contributed by atoms with E-state index in [0.717, 1.165) is 0 Å². The van der Waals surface area contributed by atoms with Gasteiger partial charge in [-0.05, 0) is 0 Å². The second-order valence-corrected chi connectivity index (χ2v) is 7.75. The summed E-state index contributed by atoms with van der Waals surface area (Å²) in [6, 6.07) is 0. The van der Waals surface area contributed by atoms with Gasteiger partial charge in [0.05, 0.1) is 0 Å². The van der Waals surface area contributed by atoms with Crippen molar-refractivity contribution in [2.24, 2.45) is 0 Å². The standard InChI is InChI=1S/6FH2O3P.6Ru/c6*1-5(2,3)4;;;;;;/h6*(H2,2,3,4);;;;;;/q;;;;;;6*+2/p-12. The quantitative estimate of drug-likeness (QED) is 0.124. The van der Waals surface area contributed by atoms with Crippen molar-refractivity contribution in [3.8, 4) is 0 Å². The molecule has 36 heavy (non-hydrogen) atoms. The largest absolute Gasteiger partial charge is 2.00 e. The number of hydrogen-bond donors (Lipinski definition) is 0. The van der Waals surface area contributed by atoms with Crippen molar-refractivity contribution in [3.05, 3.63) is 0 Å². The number of rotatable bonds is 0. The minimum absolute atomic E-state index is 0. The van der Waals surface area contributed by atoms with E-state index in [-0.39, 0.29) is 117 Å². The minimum atomic E-state index is -5.64. The van der Waals surface area contributed by atoms with Gasteiger partial charge in [0, 0.05) is 0 Å². The van der Waals surface area contributed by atoms with Gasteiger partial charge in [-0.2, -0.15) is 0 Å². The second kappa shape index (κ2) is 35.4. The van der Waals surface area contributed by atoms with Gasteiger partial charge in [-0.3, -0.25) is 0 Å². The summed E-state index contributed by atoms with van der Waals surface area (Å²) in [5.41, 5.74) is 0. The molecule has 0 saturated heterocycles. The summed E-state index contributed by atoms with van der Waals surface area (Å²) in [5, 5.41) is 0. The summed E-state index contributed by atoms with van der Waals surface area (Å²) in [5.74, 6) is 0. The first-order valence-corrected chi connectivity index (χ1v) is 12.9. The average Bonchev–Trinajstić information content (AvgIpc) is 1.94. The van der Waals surface area contributed by atoms with E-state index in [0.29, 0.717) is 0 Å². The average molecular weight is 1190 g/mol. The summed E-state index contributed by atoms with van der Waals surface area (Å²) in [7, 11) is -33.8. The first kappa shape index (κ1) is 77.7. The first-order valence-electron chi connectivity index (χ1n) is 4.30. The third kappa shape index (κ3) is 2970. The van der Waals surface area contributed by atoms with Gasteiger partial charge in [-0.1, -0.05) is 0 Å². The molecule has 0 heterocycles. The maximum absolute atomic E-state index is 10.1. The molecule has 18 nitrogen and oxygen atoms in total. The molecule has 36 heteroatoms. The van der Waals surface area contributed by atoms with Gasteiger partial charge >= 0.3 is 117 Å². The monoisotopic (exact) mass is 1200 g/mol. The van der Waals surface area contributed by atoms with Crippen molar-refractivity contribution >= 4 is 47.4 Å². The molecule has 0 N–H and O–H groups in total. The number of halogens is 6. The van der Waals surface area contributed by atoms with E-state index in [9.17, 15) is 25.2 Å². The zero-order valence-electron chi connectivity index (χ0n) is 14.4. The third-order valence-corrected chi connectivity index (χ3v) is 0. The van der Waals surface area contributed by atoms with Crippen LogP contribution in [0.5, 0.6) is 0 Å². The Labute approximate surface area is 273 Å². The van der Waals surface area contributed by atoms with Crippen molar-refractivity contribution in [2.75, 3.05) is 0 Å². The molecule has 0 spiro atoms. The van der Waals surface area contributed by atoms with E-state index in [4.69, 9.17) is 86.1 Å². The van der Waals surface area contributed by atoms with Crippen LogP contribution in [0.1, 0.15) is 0 Å². The summed E-state index contributed by atoms with van der Waals surface area (Å²) in [6.45, 7) is 0. The van der Waals surface area contributed by atoms with Crippen LogP contribution in [0, 0.1) is 0 Å². The van der Waals surface area contributed by atoms with Crippen molar-refractivity contribution < 1.29 is 228 Å². The zero-order chi connectivity index (χ0) is 27.0. The van der Waals surface area contributed by atoms with Crippen molar-refractivity contribution in [1.29, 1.82) is 0 Å². The Hall–Kier alpha value is 4.22. The summed E-state index contributed by atoms with van der Waals surface area (Å²) < 4.78 is 111. The molecule has 0 amide bonds.